The first-order valence-corrected chi connectivity index (χ1v) is 10.6. The Morgan fingerprint density at radius 3 is 2.67 bits per heavy atom. The molecule has 0 spiro atoms. The Bertz CT molecular complexity index is 970. The van der Waals surface area contributed by atoms with Crippen LogP contribution < -0.4 is 5.32 Å². The summed E-state index contributed by atoms with van der Waals surface area (Å²) >= 11 is 0. The quantitative estimate of drug-likeness (QED) is 0.758. The van der Waals surface area contributed by atoms with Crippen LogP contribution in [0.2, 0.25) is 0 Å². The zero-order valence-electron chi connectivity index (χ0n) is 17.5. The number of hydrogen-bond donors (Lipinski definition) is 1. The average molecular weight is 415 g/mol. The fraction of sp³-hybridized carbons (Fsp3) is 0.478. The topological polar surface area (TPSA) is 50.2 Å². The predicted molar refractivity (Wildman–Crippen MR) is 112 cm³/mol. The number of rotatable bonds is 5. The van der Waals surface area contributed by atoms with Gasteiger partial charge in [0.05, 0.1) is 5.69 Å². The van der Waals surface area contributed by atoms with Crippen molar-refractivity contribution in [2.45, 2.75) is 52.0 Å². The van der Waals surface area contributed by atoms with Gasteiger partial charge < -0.3 is 5.32 Å². The van der Waals surface area contributed by atoms with Gasteiger partial charge in [0.25, 0.3) is 5.91 Å². The predicted octanol–water partition coefficient (Wildman–Crippen LogP) is 3.80. The Hall–Kier alpha value is -2.54. The Labute approximate surface area is 175 Å². The van der Waals surface area contributed by atoms with E-state index >= 15 is 0 Å². The molecule has 5 nitrogen and oxygen atoms in total. The highest BCUT2D eigenvalue weighted by molar-refractivity contribution is 5.94. The molecule has 2 heterocycles. The summed E-state index contributed by atoms with van der Waals surface area (Å²) in [6.45, 7) is 7.07. The fourth-order valence-electron chi connectivity index (χ4n) is 4.28. The second-order valence-electron chi connectivity index (χ2n) is 8.47. The molecule has 0 radical (unpaired) electrons. The maximum absolute atomic E-state index is 13.7. The Morgan fingerprint density at radius 1 is 1.20 bits per heavy atom. The van der Waals surface area contributed by atoms with E-state index in [1.54, 1.807) is 4.68 Å². The molecule has 1 aromatic carbocycles. The lowest BCUT2D eigenvalue weighted by atomic mass is 10.0. The lowest BCUT2D eigenvalue weighted by Gasteiger charge is -2.31. The Balaban J connectivity index is 1.46. The van der Waals surface area contributed by atoms with Crippen molar-refractivity contribution >= 4 is 5.91 Å². The molecule has 0 saturated carbocycles. The number of piperidine rings is 1. The zero-order chi connectivity index (χ0) is 21.3. The SMILES string of the molecule is CC(C)=CCN1CCC(NC(=O)c2nn(-c3ccc(F)c(F)c3)c3c2CCC3)CC1. The van der Waals surface area contributed by atoms with Crippen molar-refractivity contribution in [2.24, 2.45) is 0 Å². The summed E-state index contributed by atoms with van der Waals surface area (Å²) in [4.78, 5) is 15.4. The number of nitrogens with one attached hydrogen (secondary N) is 1. The molecule has 30 heavy (non-hydrogen) atoms. The van der Waals surface area contributed by atoms with Gasteiger partial charge in [0.15, 0.2) is 17.3 Å². The van der Waals surface area contributed by atoms with Crippen LogP contribution in [0.5, 0.6) is 0 Å². The average Bonchev–Trinajstić information content (AvgIpc) is 3.32. The summed E-state index contributed by atoms with van der Waals surface area (Å²) < 4.78 is 28.6. The number of halogens is 2. The van der Waals surface area contributed by atoms with Crippen molar-refractivity contribution in [3.8, 4) is 5.69 Å². The third kappa shape index (κ3) is 4.31. The van der Waals surface area contributed by atoms with Crippen molar-refractivity contribution in [3.05, 3.63) is 58.4 Å². The molecule has 0 unspecified atom stereocenters. The van der Waals surface area contributed by atoms with Crippen molar-refractivity contribution in [1.29, 1.82) is 0 Å². The molecule has 1 amide bonds. The van der Waals surface area contributed by atoms with E-state index in [-0.39, 0.29) is 11.9 Å². The molecule has 1 aliphatic carbocycles. The van der Waals surface area contributed by atoms with E-state index in [1.165, 1.54) is 11.6 Å². The highest BCUT2D eigenvalue weighted by Gasteiger charge is 2.29. The zero-order valence-corrected chi connectivity index (χ0v) is 17.5. The molecule has 7 heteroatoms. The molecule has 1 aromatic heterocycles. The van der Waals surface area contributed by atoms with E-state index in [4.69, 9.17) is 0 Å². The van der Waals surface area contributed by atoms with Crippen LogP contribution >= 0.6 is 0 Å². The van der Waals surface area contributed by atoms with E-state index < -0.39 is 11.6 Å². The number of carbonyl (C=O) groups is 1. The number of nitrogens with zero attached hydrogens (tertiary/aromatic N) is 3. The van der Waals surface area contributed by atoms with E-state index in [0.29, 0.717) is 11.4 Å². The molecular formula is C23H28F2N4O. The molecule has 1 aliphatic heterocycles. The first kappa shape index (κ1) is 20.7. The summed E-state index contributed by atoms with van der Waals surface area (Å²) in [5.74, 6) is -1.98. The van der Waals surface area contributed by atoms with Gasteiger partial charge in [0, 0.05) is 43.0 Å². The molecule has 0 bridgehead atoms. The van der Waals surface area contributed by atoms with Gasteiger partial charge >= 0.3 is 0 Å². The standard InChI is InChI=1S/C23H28F2N4O/c1-15(2)8-11-28-12-9-16(10-13-28)26-23(30)22-18-4-3-5-21(18)29(27-22)17-6-7-19(24)20(25)14-17/h6-8,14,16H,3-5,9-13H2,1-2H3,(H,26,30). The summed E-state index contributed by atoms with van der Waals surface area (Å²) in [5.41, 5.74) is 4.02. The third-order valence-corrected chi connectivity index (χ3v) is 5.97. The van der Waals surface area contributed by atoms with Gasteiger partial charge in [-0.15, -0.1) is 0 Å². The van der Waals surface area contributed by atoms with Crippen molar-refractivity contribution in [2.75, 3.05) is 19.6 Å². The van der Waals surface area contributed by atoms with Gasteiger partial charge in [0.2, 0.25) is 0 Å². The summed E-state index contributed by atoms with van der Waals surface area (Å²) in [6, 6.07) is 3.85. The van der Waals surface area contributed by atoms with Crippen molar-refractivity contribution < 1.29 is 13.6 Å². The lowest BCUT2D eigenvalue weighted by Crippen LogP contribution is -2.44. The van der Waals surface area contributed by atoms with Crippen LogP contribution in [-0.4, -0.2) is 46.3 Å². The molecule has 1 N–H and O–H groups in total. The Kier molecular flexibility index (Phi) is 5.99. The number of benzene rings is 1. The van der Waals surface area contributed by atoms with Crippen LogP contribution in [-0.2, 0) is 12.8 Å². The number of fused-ring (bicyclic) bond motifs is 1. The first-order chi connectivity index (χ1) is 14.4. The number of carbonyl (C=O) groups excluding carboxylic acids is 1. The molecule has 2 aromatic rings. The highest BCUT2D eigenvalue weighted by atomic mass is 19.2. The monoisotopic (exact) mass is 414 g/mol. The fourth-order valence-corrected chi connectivity index (χ4v) is 4.28. The summed E-state index contributed by atoms with van der Waals surface area (Å²) in [6.07, 6.45) is 6.54. The molecule has 2 aliphatic rings. The number of aromatic nitrogens is 2. The Morgan fingerprint density at radius 2 is 1.97 bits per heavy atom. The van der Waals surface area contributed by atoms with Crippen molar-refractivity contribution in [1.82, 2.24) is 20.0 Å². The minimum atomic E-state index is -0.916. The third-order valence-electron chi connectivity index (χ3n) is 5.97. The largest absolute Gasteiger partial charge is 0.348 e. The van der Waals surface area contributed by atoms with Crippen LogP contribution in [0.25, 0.3) is 5.69 Å². The van der Waals surface area contributed by atoms with Gasteiger partial charge in [-0.2, -0.15) is 5.10 Å². The number of hydrogen-bond acceptors (Lipinski definition) is 3. The molecule has 160 valence electrons. The lowest BCUT2D eigenvalue weighted by molar-refractivity contribution is 0.0907. The number of amides is 1. The van der Waals surface area contributed by atoms with Gasteiger partial charge in [-0.05, 0) is 58.1 Å². The van der Waals surface area contributed by atoms with Crippen LogP contribution in [0.1, 0.15) is 54.9 Å². The second kappa shape index (κ2) is 8.68. The molecule has 4 rings (SSSR count). The van der Waals surface area contributed by atoms with E-state index in [9.17, 15) is 13.6 Å². The second-order valence-corrected chi connectivity index (χ2v) is 8.47. The van der Waals surface area contributed by atoms with Gasteiger partial charge in [-0.25, -0.2) is 13.5 Å². The number of likely N-dealkylation sites (tertiary alicyclic amines) is 1. The van der Waals surface area contributed by atoms with Crippen LogP contribution in [0.4, 0.5) is 8.78 Å². The molecular weight excluding hydrogens is 386 g/mol. The van der Waals surface area contributed by atoms with Crippen LogP contribution in [0.3, 0.4) is 0 Å². The minimum absolute atomic E-state index is 0.130. The normalized spacial score (nSPS) is 17.1. The van der Waals surface area contributed by atoms with E-state index in [2.05, 4.69) is 35.2 Å². The van der Waals surface area contributed by atoms with Crippen LogP contribution in [0.15, 0.2) is 29.8 Å². The highest BCUT2D eigenvalue weighted by Crippen LogP contribution is 2.28. The van der Waals surface area contributed by atoms with Crippen molar-refractivity contribution in [3.63, 3.8) is 0 Å². The van der Waals surface area contributed by atoms with E-state index in [1.807, 2.05) is 0 Å². The summed E-state index contributed by atoms with van der Waals surface area (Å²) in [5, 5.41) is 7.64. The minimum Gasteiger partial charge on any atom is -0.348 e. The first-order valence-electron chi connectivity index (χ1n) is 10.6. The maximum Gasteiger partial charge on any atom is 0.272 e. The van der Waals surface area contributed by atoms with Gasteiger partial charge in [-0.1, -0.05) is 11.6 Å². The van der Waals surface area contributed by atoms with Gasteiger partial charge in [0.1, 0.15) is 0 Å². The smallest absolute Gasteiger partial charge is 0.272 e. The van der Waals surface area contributed by atoms with Gasteiger partial charge in [-0.3, -0.25) is 9.69 Å². The molecule has 1 saturated heterocycles. The number of allylic oxidation sites excluding steroid dienone is 1. The van der Waals surface area contributed by atoms with E-state index in [0.717, 1.165) is 75.1 Å². The maximum atomic E-state index is 13.7. The summed E-state index contributed by atoms with van der Waals surface area (Å²) in [7, 11) is 0. The molecule has 1 fully saturated rings. The van der Waals surface area contributed by atoms with Crippen LogP contribution in [0, 0.1) is 11.6 Å². The molecule has 0 atom stereocenters.